The Hall–Kier alpha value is -2.05. The summed E-state index contributed by atoms with van der Waals surface area (Å²) in [5, 5.41) is 4.11. The van der Waals surface area contributed by atoms with Crippen LogP contribution < -0.4 is 10.1 Å². The zero-order valence-electron chi connectivity index (χ0n) is 15.6. The SMILES string of the molecule is COc1cccc2[nH]c(C(=O)N[C@H]3C[C@H]4CO[C@H](C(C)C)CN4C3)cc12. The summed E-state index contributed by atoms with van der Waals surface area (Å²) in [7, 11) is 1.64. The van der Waals surface area contributed by atoms with Crippen molar-refractivity contribution < 1.29 is 14.3 Å². The third kappa shape index (κ3) is 3.19. The van der Waals surface area contributed by atoms with Crippen LogP contribution in [0.3, 0.4) is 0 Å². The quantitative estimate of drug-likeness (QED) is 0.882. The molecule has 6 heteroatoms. The number of aromatic nitrogens is 1. The highest BCUT2D eigenvalue weighted by Crippen LogP contribution is 2.28. The Bertz CT molecular complexity index is 801. The Morgan fingerprint density at radius 3 is 3.00 bits per heavy atom. The van der Waals surface area contributed by atoms with Crippen molar-refractivity contribution in [3.63, 3.8) is 0 Å². The molecule has 0 aliphatic carbocycles. The maximum Gasteiger partial charge on any atom is 0.267 e. The van der Waals surface area contributed by atoms with Crippen molar-refractivity contribution >= 4 is 16.8 Å². The molecule has 26 heavy (non-hydrogen) atoms. The summed E-state index contributed by atoms with van der Waals surface area (Å²) < 4.78 is 11.4. The molecule has 2 aromatic rings. The number of carbonyl (C=O) groups excluding carboxylic acids is 1. The number of nitrogens with one attached hydrogen (secondary N) is 2. The smallest absolute Gasteiger partial charge is 0.267 e. The number of fused-ring (bicyclic) bond motifs is 2. The average molecular weight is 357 g/mol. The van der Waals surface area contributed by atoms with E-state index < -0.39 is 0 Å². The van der Waals surface area contributed by atoms with Gasteiger partial charge in [-0.05, 0) is 30.5 Å². The highest BCUT2D eigenvalue weighted by Gasteiger charge is 2.38. The summed E-state index contributed by atoms with van der Waals surface area (Å²) in [6, 6.07) is 8.21. The standard InChI is InChI=1S/C20H27N3O3/c1-12(2)19-10-23-9-13(7-14(23)11-26-19)21-20(24)17-8-15-16(22-17)5-4-6-18(15)25-3/h4-6,8,12-14,19,22H,7,9-11H2,1-3H3,(H,21,24)/t13-,14-,19-/m0/s1. The summed E-state index contributed by atoms with van der Waals surface area (Å²) in [6.45, 7) is 7.01. The second-order valence-electron chi connectivity index (χ2n) is 7.73. The lowest BCUT2D eigenvalue weighted by Crippen LogP contribution is -2.48. The Morgan fingerprint density at radius 1 is 1.38 bits per heavy atom. The van der Waals surface area contributed by atoms with E-state index in [1.807, 2.05) is 24.3 Å². The highest BCUT2D eigenvalue weighted by atomic mass is 16.5. The lowest BCUT2D eigenvalue weighted by molar-refractivity contribution is -0.0683. The molecule has 0 radical (unpaired) electrons. The van der Waals surface area contributed by atoms with Crippen molar-refractivity contribution in [1.82, 2.24) is 15.2 Å². The number of methoxy groups -OCH3 is 1. The number of ether oxygens (including phenoxy) is 2. The van der Waals surface area contributed by atoms with Gasteiger partial charge in [-0.15, -0.1) is 0 Å². The van der Waals surface area contributed by atoms with Crippen molar-refractivity contribution in [2.75, 3.05) is 26.8 Å². The monoisotopic (exact) mass is 357 g/mol. The Labute approximate surface area is 153 Å². The van der Waals surface area contributed by atoms with E-state index in [1.165, 1.54) is 0 Å². The van der Waals surface area contributed by atoms with Crippen LogP contribution in [0.25, 0.3) is 10.9 Å². The summed E-state index contributed by atoms with van der Waals surface area (Å²) in [6.07, 6.45) is 1.24. The fourth-order valence-corrected chi connectivity index (χ4v) is 4.10. The Morgan fingerprint density at radius 2 is 2.23 bits per heavy atom. The molecule has 1 aromatic heterocycles. The predicted octanol–water partition coefficient (Wildman–Crippen LogP) is 2.40. The lowest BCUT2D eigenvalue weighted by atomic mass is 10.0. The van der Waals surface area contributed by atoms with Crippen molar-refractivity contribution in [2.24, 2.45) is 5.92 Å². The van der Waals surface area contributed by atoms with Crippen molar-refractivity contribution in [3.05, 3.63) is 30.0 Å². The van der Waals surface area contributed by atoms with Gasteiger partial charge in [0.05, 0.1) is 19.8 Å². The second-order valence-corrected chi connectivity index (χ2v) is 7.73. The van der Waals surface area contributed by atoms with E-state index in [-0.39, 0.29) is 11.9 Å². The number of amides is 1. The first-order valence-electron chi connectivity index (χ1n) is 9.37. The van der Waals surface area contributed by atoms with Crippen LogP contribution in [0.5, 0.6) is 5.75 Å². The number of aromatic amines is 1. The zero-order chi connectivity index (χ0) is 18.3. The first kappa shape index (κ1) is 17.4. The number of benzene rings is 1. The number of rotatable bonds is 4. The van der Waals surface area contributed by atoms with E-state index >= 15 is 0 Å². The lowest BCUT2D eigenvalue weighted by Gasteiger charge is -2.36. The number of morpholine rings is 1. The van der Waals surface area contributed by atoms with Gasteiger partial charge in [-0.3, -0.25) is 9.69 Å². The van der Waals surface area contributed by atoms with Crippen LogP contribution in [0.15, 0.2) is 24.3 Å². The topological polar surface area (TPSA) is 66.6 Å². The fourth-order valence-electron chi connectivity index (χ4n) is 4.10. The molecule has 0 unspecified atom stereocenters. The van der Waals surface area contributed by atoms with Gasteiger partial charge in [0.1, 0.15) is 11.4 Å². The van der Waals surface area contributed by atoms with E-state index in [9.17, 15) is 4.79 Å². The third-order valence-electron chi connectivity index (χ3n) is 5.61. The molecule has 3 heterocycles. The van der Waals surface area contributed by atoms with E-state index in [0.717, 1.165) is 42.8 Å². The van der Waals surface area contributed by atoms with E-state index in [4.69, 9.17) is 9.47 Å². The van der Waals surface area contributed by atoms with Crippen molar-refractivity contribution in [3.8, 4) is 5.75 Å². The maximum absolute atomic E-state index is 12.7. The molecule has 6 nitrogen and oxygen atoms in total. The molecule has 0 bridgehead atoms. The van der Waals surface area contributed by atoms with E-state index in [2.05, 4.69) is 29.0 Å². The molecular weight excluding hydrogens is 330 g/mol. The van der Waals surface area contributed by atoms with Crippen LogP contribution in [0.2, 0.25) is 0 Å². The minimum absolute atomic E-state index is 0.0607. The molecule has 0 spiro atoms. The summed E-state index contributed by atoms with van der Waals surface area (Å²) in [5.41, 5.74) is 1.48. The Balaban J connectivity index is 1.43. The number of H-pyrrole nitrogens is 1. The number of hydrogen-bond acceptors (Lipinski definition) is 4. The molecule has 140 valence electrons. The fraction of sp³-hybridized carbons (Fsp3) is 0.550. The van der Waals surface area contributed by atoms with Gasteiger partial charge in [0.15, 0.2) is 0 Å². The number of carbonyl (C=O) groups is 1. The van der Waals surface area contributed by atoms with Gasteiger partial charge in [0, 0.05) is 36.1 Å². The largest absolute Gasteiger partial charge is 0.496 e. The van der Waals surface area contributed by atoms with Crippen LogP contribution in [0.4, 0.5) is 0 Å². The first-order chi connectivity index (χ1) is 12.5. The molecule has 2 aliphatic rings. The molecule has 1 aromatic carbocycles. The molecule has 0 saturated carbocycles. The van der Waals surface area contributed by atoms with Gasteiger partial charge < -0.3 is 19.8 Å². The molecule has 3 atom stereocenters. The van der Waals surface area contributed by atoms with E-state index in [0.29, 0.717) is 23.8 Å². The van der Waals surface area contributed by atoms with Crippen LogP contribution in [0, 0.1) is 5.92 Å². The highest BCUT2D eigenvalue weighted by molar-refractivity contribution is 5.99. The minimum Gasteiger partial charge on any atom is -0.496 e. The van der Waals surface area contributed by atoms with Gasteiger partial charge in [-0.25, -0.2) is 0 Å². The summed E-state index contributed by atoms with van der Waals surface area (Å²) >= 11 is 0. The molecule has 2 fully saturated rings. The van der Waals surface area contributed by atoms with Gasteiger partial charge in [-0.1, -0.05) is 19.9 Å². The van der Waals surface area contributed by atoms with Gasteiger partial charge >= 0.3 is 0 Å². The first-order valence-corrected chi connectivity index (χ1v) is 9.37. The van der Waals surface area contributed by atoms with Crippen LogP contribution in [-0.4, -0.2) is 60.8 Å². The normalized spacial score (nSPS) is 26.2. The zero-order valence-corrected chi connectivity index (χ0v) is 15.6. The third-order valence-corrected chi connectivity index (χ3v) is 5.61. The molecule has 2 saturated heterocycles. The van der Waals surface area contributed by atoms with Gasteiger partial charge in [0.25, 0.3) is 5.91 Å². The molecule has 1 amide bonds. The van der Waals surface area contributed by atoms with Crippen molar-refractivity contribution in [1.29, 1.82) is 0 Å². The number of nitrogens with zero attached hydrogens (tertiary/aromatic N) is 1. The van der Waals surface area contributed by atoms with Crippen LogP contribution in [0.1, 0.15) is 30.8 Å². The van der Waals surface area contributed by atoms with Crippen molar-refractivity contribution in [2.45, 2.75) is 38.5 Å². The minimum atomic E-state index is -0.0607. The molecule has 2 aliphatic heterocycles. The average Bonchev–Trinajstić information content (AvgIpc) is 3.23. The predicted molar refractivity (Wildman–Crippen MR) is 101 cm³/mol. The van der Waals surface area contributed by atoms with Crippen LogP contribution >= 0.6 is 0 Å². The second kappa shape index (κ2) is 6.93. The number of hydrogen-bond donors (Lipinski definition) is 2. The molecular formula is C20H27N3O3. The molecule has 4 rings (SSSR count). The maximum atomic E-state index is 12.7. The Kier molecular flexibility index (Phi) is 4.63. The van der Waals surface area contributed by atoms with Gasteiger partial charge in [-0.2, -0.15) is 0 Å². The summed E-state index contributed by atoms with van der Waals surface area (Å²) in [4.78, 5) is 18.4. The molecule has 2 N–H and O–H groups in total. The van der Waals surface area contributed by atoms with E-state index in [1.54, 1.807) is 7.11 Å². The van der Waals surface area contributed by atoms with Crippen LogP contribution in [-0.2, 0) is 4.74 Å². The van der Waals surface area contributed by atoms with Gasteiger partial charge in [0.2, 0.25) is 0 Å². The summed E-state index contributed by atoms with van der Waals surface area (Å²) in [5.74, 6) is 1.23.